The summed E-state index contributed by atoms with van der Waals surface area (Å²) in [5, 5.41) is 17.3. The first-order valence-electron chi connectivity index (χ1n) is 6.14. The number of phenols is 1. The standard InChI is InChI=1S/C14H9BrN2O4S/c15-9-1-2-11(18)10(5-9)14(19)20-6-12-16-13(17-21-12)8-3-4-22-7-8/h1-5,7,18H,6H2. The molecule has 6 nitrogen and oxygen atoms in total. The molecule has 0 aliphatic rings. The molecule has 0 aliphatic heterocycles. The second-order valence-electron chi connectivity index (χ2n) is 4.26. The molecule has 0 bridgehead atoms. The fourth-order valence-corrected chi connectivity index (χ4v) is 2.69. The fraction of sp³-hybridized carbons (Fsp3) is 0.0714. The number of carbonyl (C=O) groups is 1. The van der Waals surface area contributed by atoms with Crippen molar-refractivity contribution in [2.24, 2.45) is 0 Å². The zero-order valence-electron chi connectivity index (χ0n) is 11.0. The molecule has 0 radical (unpaired) electrons. The third-order valence-corrected chi connectivity index (χ3v) is 3.93. The van der Waals surface area contributed by atoms with Gasteiger partial charge in [-0.2, -0.15) is 16.3 Å². The lowest BCUT2D eigenvalue weighted by atomic mass is 10.2. The maximum atomic E-state index is 11.9. The highest BCUT2D eigenvalue weighted by Gasteiger charge is 2.16. The molecule has 0 spiro atoms. The Hall–Kier alpha value is -2.19. The highest BCUT2D eigenvalue weighted by atomic mass is 79.9. The van der Waals surface area contributed by atoms with Crippen LogP contribution in [0.2, 0.25) is 0 Å². The van der Waals surface area contributed by atoms with Gasteiger partial charge in [-0.25, -0.2) is 4.79 Å². The van der Waals surface area contributed by atoms with E-state index >= 15 is 0 Å². The molecular weight excluding hydrogens is 372 g/mol. The zero-order valence-corrected chi connectivity index (χ0v) is 13.4. The molecule has 3 rings (SSSR count). The molecule has 0 fully saturated rings. The molecule has 2 aromatic heterocycles. The molecule has 1 N–H and O–H groups in total. The smallest absolute Gasteiger partial charge is 0.342 e. The predicted octanol–water partition coefficient (Wildman–Crippen LogP) is 3.62. The molecule has 8 heteroatoms. The first kappa shape index (κ1) is 14.7. The largest absolute Gasteiger partial charge is 0.507 e. The summed E-state index contributed by atoms with van der Waals surface area (Å²) in [5.41, 5.74) is 0.905. The van der Waals surface area contributed by atoms with Crippen LogP contribution in [0.15, 0.2) is 44.0 Å². The highest BCUT2D eigenvalue weighted by molar-refractivity contribution is 9.10. The van der Waals surface area contributed by atoms with Crippen molar-refractivity contribution < 1.29 is 19.2 Å². The summed E-state index contributed by atoms with van der Waals surface area (Å²) < 4.78 is 10.8. The van der Waals surface area contributed by atoms with Gasteiger partial charge in [0, 0.05) is 15.4 Å². The van der Waals surface area contributed by atoms with Crippen molar-refractivity contribution >= 4 is 33.2 Å². The average molecular weight is 381 g/mol. The number of nitrogens with zero attached hydrogens (tertiary/aromatic N) is 2. The van der Waals surface area contributed by atoms with Crippen LogP contribution in [-0.2, 0) is 11.3 Å². The van der Waals surface area contributed by atoms with E-state index in [4.69, 9.17) is 9.26 Å². The number of phenolic OH excluding ortho intramolecular Hbond substituents is 1. The summed E-state index contributed by atoms with van der Waals surface area (Å²) in [6.07, 6.45) is 0. The molecule has 0 atom stereocenters. The number of thiophene rings is 1. The Balaban J connectivity index is 1.67. The van der Waals surface area contributed by atoms with Gasteiger partial charge in [0.2, 0.25) is 5.82 Å². The van der Waals surface area contributed by atoms with Gasteiger partial charge in [-0.05, 0) is 29.6 Å². The van der Waals surface area contributed by atoms with Crippen molar-refractivity contribution in [1.29, 1.82) is 0 Å². The quantitative estimate of drug-likeness (QED) is 0.695. The molecule has 2 heterocycles. The van der Waals surface area contributed by atoms with Crippen LogP contribution in [-0.4, -0.2) is 21.2 Å². The number of hydrogen-bond acceptors (Lipinski definition) is 7. The monoisotopic (exact) mass is 380 g/mol. The van der Waals surface area contributed by atoms with Crippen molar-refractivity contribution in [3.05, 3.63) is 51.0 Å². The third kappa shape index (κ3) is 3.18. The van der Waals surface area contributed by atoms with Gasteiger partial charge in [-0.1, -0.05) is 21.1 Å². The Kier molecular flexibility index (Phi) is 4.21. The molecule has 1 aromatic carbocycles. The van der Waals surface area contributed by atoms with Crippen LogP contribution in [0.4, 0.5) is 0 Å². The lowest BCUT2D eigenvalue weighted by Crippen LogP contribution is -2.05. The second-order valence-corrected chi connectivity index (χ2v) is 5.96. The Bertz CT molecular complexity index is 801. The van der Waals surface area contributed by atoms with E-state index in [1.54, 1.807) is 6.07 Å². The van der Waals surface area contributed by atoms with E-state index in [1.165, 1.54) is 23.5 Å². The molecule has 0 amide bonds. The lowest BCUT2D eigenvalue weighted by molar-refractivity contribution is 0.0426. The fourth-order valence-electron chi connectivity index (χ4n) is 1.70. The summed E-state index contributed by atoms with van der Waals surface area (Å²) in [6, 6.07) is 6.37. The predicted molar refractivity (Wildman–Crippen MR) is 82.5 cm³/mol. The summed E-state index contributed by atoms with van der Waals surface area (Å²) in [4.78, 5) is 16.1. The van der Waals surface area contributed by atoms with Crippen molar-refractivity contribution in [1.82, 2.24) is 10.1 Å². The molecule has 0 saturated carbocycles. The molecule has 3 aromatic rings. The molecular formula is C14H9BrN2O4S. The van der Waals surface area contributed by atoms with Crippen LogP contribution < -0.4 is 0 Å². The SMILES string of the molecule is O=C(OCc1nc(-c2ccsc2)no1)c1cc(Br)ccc1O. The highest BCUT2D eigenvalue weighted by Crippen LogP contribution is 2.23. The molecule has 0 aliphatic carbocycles. The minimum Gasteiger partial charge on any atom is -0.507 e. The Morgan fingerprint density at radius 2 is 2.27 bits per heavy atom. The van der Waals surface area contributed by atoms with E-state index in [0.29, 0.717) is 10.3 Å². The van der Waals surface area contributed by atoms with E-state index < -0.39 is 5.97 Å². The lowest BCUT2D eigenvalue weighted by Gasteiger charge is -2.04. The van der Waals surface area contributed by atoms with Crippen molar-refractivity contribution in [2.75, 3.05) is 0 Å². The second kappa shape index (κ2) is 6.29. The number of halogens is 1. The Labute approximate surface area is 137 Å². The van der Waals surface area contributed by atoms with Crippen LogP contribution in [0.5, 0.6) is 5.75 Å². The van der Waals surface area contributed by atoms with E-state index in [1.807, 2.05) is 16.8 Å². The van der Waals surface area contributed by atoms with Gasteiger partial charge in [-0.15, -0.1) is 0 Å². The van der Waals surface area contributed by atoms with Crippen LogP contribution in [0.1, 0.15) is 16.2 Å². The van der Waals surface area contributed by atoms with Gasteiger partial charge < -0.3 is 14.4 Å². The van der Waals surface area contributed by atoms with E-state index in [9.17, 15) is 9.90 Å². The summed E-state index contributed by atoms with van der Waals surface area (Å²) in [5.74, 6) is -0.201. The molecule has 112 valence electrons. The van der Waals surface area contributed by atoms with Crippen molar-refractivity contribution in [2.45, 2.75) is 6.61 Å². The average Bonchev–Trinajstić information content (AvgIpc) is 3.17. The number of rotatable bonds is 4. The first-order chi connectivity index (χ1) is 10.6. The van der Waals surface area contributed by atoms with E-state index in [-0.39, 0.29) is 23.8 Å². The Morgan fingerprint density at radius 1 is 1.41 bits per heavy atom. The van der Waals surface area contributed by atoms with Gasteiger partial charge in [0.15, 0.2) is 6.61 Å². The normalized spacial score (nSPS) is 10.6. The third-order valence-electron chi connectivity index (χ3n) is 2.75. The first-order valence-corrected chi connectivity index (χ1v) is 7.88. The number of esters is 1. The number of hydrogen-bond donors (Lipinski definition) is 1. The number of aromatic nitrogens is 2. The minimum absolute atomic E-state index is 0.0620. The molecule has 22 heavy (non-hydrogen) atoms. The van der Waals surface area contributed by atoms with Gasteiger partial charge in [0.25, 0.3) is 5.89 Å². The summed E-state index contributed by atoms with van der Waals surface area (Å²) in [6.45, 7) is -0.165. The van der Waals surface area contributed by atoms with Crippen LogP contribution in [0.25, 0.3) is 11.4 Å². The Morgan fingerprint density at radius 3 is 3.05 bits per heavy atom. The van der Waals surface area contributed by atoms with Gasteiger partial charge in [0.05, 0.1) is 0 Å². The van der Waals surface area contributed by atoms with Crippen molar-refractivity contribution in [3.8, 4) is 17.1 Å². The number of benzene rings is 1. The van der Waals surface area contributed by atoms with Crippen LogP contribution in [0, 0.1) is 0 Å². The number of aromatic hydroxyl groups is 1. The van der Waals surface area contributed by atoms with Gasteiger partial charge in [0.1, 0.15) is 11.3 Å². The maximum Gasteiger partial charge on any atom is 0.342 e. The van der Waals surface area contributed by atoms with Gasteiger partial charge >= 0.3 is 5.97 Å². The minimum atomic E-state index is -0.672. The van der Waals surface area contributed by atoms with Crippen LogP contribution in [0.3, 0.4) is 0 Å². The van der Waals surface area contributed by atoms with Crippen molar-refractivity contribution in [3.63, 3.8) is 0 Å². The topological polar surface area (TPSA) is 85.5 Å². The molecule has 0 unspecified atom stereocenters. The van der Waals surface area contributed by atoms with Crippen LogP contribution >= 0.6 is 27.3 Å². The summed E-state index contributed by atoms with van der Waals surface area (Å²) >= 11 is 4.75. The van der Waals surface area contributed by atoms with E-state index in [0.717, 1.165) is 5.56 Å². The maximum absolute atomic E-state index is 11.9. The van der Waals surface area contributed by atoms with Gasteiger partial charge in [-0.3, -0.25) is 0 Å². The van der Waals surface area contributed by atoms with E-state index in [2.05, 4.69) is 26.1 Å². The summed E-state index contributed by atoms with van der Waals surface area (Å²) in [7, 11) is 0. The number of ether oxygens (including phenoxy) is 1. The zero-order chi connectivity index (χ0) is 15.5. The molecule has 0 saturated heterocycles. The number of carbonyl (C=O) groups excluding carboxylic acids is 1.